The zero-order chi connectivity index (χ0) is 24.6. The molecule has 0 fully saturated rings. The fraction of sp³-hybridized carbons (Fsp3) is 0.286. The molecule has 2 amide bonds. The van der Waals surface area contributed by atoms with Crippen LogP contribution in [0.5, 0.6) is 0 Å². The van der Waals surface area contributed by atoms with Crippen LogP contribution in [0.15, 0.2) is 78.9 Å². The maximum absolute atomic E-state index is 14.2. The number of carbonyl (C=O) groups is 2. The van der Waals surface area contributed by atoms with E-state index in [1.165, 1.54) is 13.2 Å². The fourth-order valence-electron chi connectivity index (χ4n) is 4.50. The molecule has 0 saturated carbocycles. The van der Waals surface area contributed by atoms with E-state index in [1.807, 2.05) is 54.6 Å². The summed E-state index contributed by atoms with van der Waals surface area (Å²) < 4.78 is 14.2. The molecule has 2 N–H and O–H groups in total. The zero-order valence-corrected chi connectivity index (χ0v) is 19.7. The van der Waals surface area contributed by atoms with E-state index in [0.29, 0.717) is 25.1 Å². The van der Waals surface area contributed by atoms with Gasteiger partial charge >= 0.3 is 0 Å². The summed E-state index contributed by atoms with van der Waals surface area (Å²) >= 11 is 0. The summed E-state index contributed by atoms with van der Waals surface area (Å²) in [4.78, 5) is 33.5. The van der Waals surface area contributed by atoms with Crippen LogP contribution in [0, 0.1) is 5.82 Å². The van der Waals surface area contributed by atoms with Crippen LogP contribution >= 0.6 is 0 Å². The summed E-state index contributed by atoms with van der Waals surface area (Å²) in [6.07, 6.45) is 0.784. The molecule has 1 heterocycles. The van der Waals surface area contributed by atoms with Gasteiger partial charge in [0.05, 0.1) is 7.11 Å². The van der Waals surface area contributed by atoms with Crippen LogP contribution in [0.4, 0.5) is 4.39 Å². The third-order valence-electron chi connectivity index (χ3n) is 6.31. The highest BCUT2D eigenvalue weighted by atomic mass is 19.1. The monoisotopic (exact) mass is 475 g/mol. The highest BCUT2D eigenvalue weighted by Gasteiger charge is 2.35. The van der Waals surface area contributed by atoms with Crippen molar-refractivity contribution in [2.75, 3.05) is 7.11 Å². The van der Waals surface area contributed by atoms with Crippen molar-refractivity contribution in [2.45, 2.75) is 44.4 Å². The smallest absolute Gasteiger partial charge is 0.243 e. The minimum Gasteiger partial charge on any atom is -0.350 e. The van der Waals surface area contributed by atoms with Crippen LogP contribution in [-0.4, -0.2) is 35.9 Å². The lowest BCUT2D eigenvalue weighted by Crippen LogP contribution is -2.53. The quantitative estimate of drug-likeness (QED) is 0.465. The third kappa shape index (κ3) is 6.32. The van der Waals surface area contributed by atoms with Crippen molar-refractivity contribution < 1.29 is 18.8 Å². The van der Waals surface area contributed by atoms with Gasteiger partial charge in [-0.15, -0.1) is 0 Å². The van der Waals surface area contributed by atoms with Crippen LogP contribution in [0.1, 0.15) is 28.7 Å². The Morgan fingerprint density at radius 1 is 1.00 bits per heavy atom. The number of nitrogens with one attached hydrogen (secondary N) is 2. The number of amides is 2. The van der Waals surface area contributed by atoms with Gasteiger partial charge in [0, 0.05) is 32.0 Å². The Morgan fingerprint density at radius 2 is 1.69 bits per heavy atom. The standard InChI is InChI=1S/C28H30FN3O3/c1-35-31-24(15-22-12-7-8-14-25(22)29)17-27(33)32-19-23-13-6-5-11-21(23)16-26(32)28(34)30-18-20-9-3-2-4-10-20/h2-14,24,26,31H,15-19H2,1H3,(H,30,34)/t24-,26?/m1/s1. The first-order chi connectivity index (χ1) is 17.0. The van der Waals surface area contributed by atoms with Gasteiger partial charge in [0.25, 0.3) is 0 Å². The Morgan fingerprint density at radius 3 is 2.43 bits per heavy atom. The number of hydroxylamine groups is 1. The second kappa shape index (κ2) is 11.7. The van der Waals surface area contributed by atoms with E-state index >= 15 is 0 Å². The molecule has 0 bridgehead atoms. The van der Waals surface area contributed by atoms with Gasteiger partial charge in [0.15, 0.2) is 0 Å². The third-order valence-corrected chi connectivity index (χ3v) is 6.31. The van der Waals surface area contributed by atoms with Gasteiger partial charge in [-0.1, -0.05) is 72.8 Å². The van der Waals surface area contributed by atoms with E-state index in [1.54, 1.807) is 23.1 Å². The molecule has 0 saturated heterocycles. The number of benzene rings is 3. The number of hydrogen-bond donors (Lipinski definition) is 2. The van der Waals surface area contributed by atoms with Gasteiger partial charge in [0.2, 0.25) is 11.8 Å². The predicted octanol–water partition coefficient (Wildman–Crippen LogP) is 3.55. The van der Waals surface area contributed by atoms with Crippen molar-refractivity contribution in [1.82, 2.24) is 15.7 Å². The Hall–Kier alpha value is -3.55. The average molecular weight is 476 g/mol. The first kappa shape index (κ1) is 24.6. The predicted molar refractivity (Wildman–Crippen MR) is 131 cm³/mol. The van der Waals surface area contributed by atoms with Crippen molar-refractivity contribution in [3.05, 3.63) is 107 Å². The number of rotatable bonds is 9. The van der Waals surface area contributed by atoms with Crippen molar-refractivity contribution in [3.63, 3.8) is 0 Å². The van der Waals surface area contributed by atoms with Gasteiger partial charge in [-0.3, -0.25) is 9.59 Å². The summed E-state index contributed by atoms with van der Waals surface area (Å²) in [5, 5.41) is 2.99. The molecule has 3 aromatic carbocycles. The Bertz CT molecular complexity index is 1150. The maximum Gasteiger partial charge on any atom is 0.243 e. The molecule has 0 spiro atoms. The molecule has 0 aromatic heterocycles. The second-order valence-corrected chi connectivity index (χ2v) is 8.73. The molecule has 1 aliphatic rings. The Balaban J connectivity index is 1.50. The number of hydrogen-bond acceptors (Lipinski definition) is 4. The lowest BCUT2D eigenvalue weighted by atomic mass is 9.92. The summed E-state index contributed by atoms with van der Waals surface area (Å²) in [6.45, 7) is 0.735. The van der Waals surface area contributed by atoms with E-state index in [2.05, 4.69) is 10.8 Å². The molecule has 7 heteroatoms. The highest BCUT2D eigenvalue weighted by Crippen LogP contribution is 2.25. The molecule has 0 aliphatic carbocycles. The van der Waals surface area contributed by atoms with Crippen LogP contribution in [0.2, 0.25) is 0 Å². The first-order valence-corrected chi connectivity index (χ1v) is 11.7. The molecule has 0 radical (unpaired) electrons. The molecular weight excluding hydrogens is 445 g/mol. The largest absolute Gasteiger partial charge is 0.350 e. The summed E-state index contributed by atoms with van der Waals surface area (Å²) in [6, 6.07) is 22.9. The molecule has 1 unspecified atom stereocenters. The number of halogens is 1. The molecule has 4 rings (SSSR count). The lowest BCUT2D eigenvalue weighted by molar-refractivity contribution is -0.142. The summed E-state index contributed by atoms with van der Waals surface area (Å²) in [5.74, 6) is -0.708. The number of fused-ring (bicyclic) bond motifs is 1. The molecular formula is C28H30FN3O3. The van der Waals surface area contributed by atoms with Gasteiger partial charge < -0.3 is 15.1 Å². The average Bonchev–Trinajstić information content (AvgIpc) is 2.88. The van der Waals surface area contributed by atoms with Crippen molar-refractivity contribution in [1.29, 1.82) is 0 Å². The van der Waals surface area contributed by atoms with Gasteiger partial charge in [0.1, 0.15) is 11.9 Å². The highest BCUT2D eigenvalue weighted by molar-refractivity contribution is 5.88. The normalized spacial score (nSPS) is 15.8. The zero-order valence-electron chi connectivity index (χ0n) is 19.7. The SMILES string of the molecule is CON[C@@H](CC(=O)N1Cc2ccccc2CC1C(=O)NCc1ccccc1)Cc1ccccc1F. The van der Waals surface area contributed by atoms with Crippen LogP contribution < -0.4 is 10.8 Å². The van der Waals surface area contributed by atoms with E-state index in [4.69, 9.17) is 4.84 Å². The number of nitrogens with zero attached hydrogens (tertiary/aromatic N) is 1. The van der Waals surface area contributed by atoms with E-state index in [0.717, 1.165) is 16.7 Å². The van der Waals surface area contributed by atoms with Crippen molar-refractivity contribution in [2.24, 2.45) is 0 Å². The Kier molecular flexibility index (Phi) is 8.23. The first-order valence-electron chi connectivity index (χ1n) is 11.7. The summed E-state index contributed by atoms with van der Waals surface area (Å²) in [5.41, 5.74) is 6.40. The van der Waals surface area contributed by atoms with E-state index in [-0.39, 0.29) is 30.5 Å². The topological polar surface area (TPSA) is 70.7 Å². The second-order valence-electron chi connectivity index (χ2n) is 8.73. The van der Waals surface area contributed by atoms with Crippen LogP contribution in [0.3, 0.4) is 0 Å². The molecule has 1 aliphatic heterocycles. The molecule has 3 aromatic rings. The maximum atomic E-state index is 14.2. The molecule has 6 nitrogen and oxygen atoms in total. The lowest BCUT2D eigenvalue weighted by Gasteiger charge is -2.37. The fourth-order valence-corrected chi connectivity index (χ4v) is 4.50. The van der Waals surface area contributed by atoms with E-state index < -0.39 is 12.1 Å². The van der Waals surface area contributed by atoms with Gasteiger partial charge in [-0.05, 0) is 34.7 Å². The van der Waals surface area contributed by atoms with Crippen LogP contribution in [0.25, 0.3) is 0 Å². The molecule has 35 heavy (non-hydrogen) atoms. The van der Waals surface area contributed by atoms with Crippen molar-refractivity contribution >= 4 is 11.8 Å². The van der Waals surface area contributed by atoms with Crippen molar-refractivity contribution in [3.8, 4) is 0 Å². The van der Waals surface area contributed by atoms with Crippen LogP contribution in [-0.2, 0) is 40.4 Å². The van der Waals surface area contributed by atoms with Gasteiger partial charge in [-0.2, -0.15) is 5.48 Å². The molecule has 182 valence electrons. The Labute approximate surface area is 205 Å². The van der Waals surface area contributed by atoms with E-state index in [9.17, 15) is 14.0 Å². The minimum absolute atomic E-state index is 0.0623. The summed E-state index contributed by atoms with van der Waals surface area (Å²) in [7, 11) is 1.47. The molecule has 2 atom stereocenters. The number of carbonyl (C=O) groups excluding carboxylic acids is 2. The van der Waals surface area contributed by atoms with Gasteiger partial charge in [-0.25, -0.2) is 4.39 Å². The minimum atomic E-state index is -0.627.